The molecule has 1 radical (unpaired) electrons. The van der Waals surface area contributed by atoms with Crippen LogP contribution in [0.1, 0.15) is 5.56 Å². The van der Waals surface area contributed by atoms with Gasteiger partial charge >= 0.3 is 6.18 Å². The zero-order chi connectivity index (χ0) is 10.1. The van der Waals surface area contributed by atoms with Crippen molar-refractivity contribution in [2.24, 2.45) is 0 Å². The zero-order valence-corrected chi connectivity index (χ0v) is 8.44. The first-order valence-corrected chi connectivity index (χ1v) is 6.39. The lowest BCUT2D eigenvalue weighted by Crippen LogP contribution is -2.24. The fraction of sp³-hybridized carbons (Fsp3) is 0.333. The number of hydrogen-bond acceptors (Lipinski definition) is 0. The van der Waals surface area contributed by atoms with Crippen LogP contribution in [0.4, 0.5) is 13.2 Å². The number of hydrogen-bond donors (Lipinski definition) is 0. The van der Waals surface area contributed by atoms with Crippen molar-refractivity contribution < 1.29 is 13.2 Å². The minimum absolute atomic E-state index is 0.545. The molecule has 0 saturated heterocycles. The van der Waals surface area contributed by atoms with Crippen LogP contribution >= 0.6 is 0 Å². The molecule has 0 bridgehead atoms. The lowest BCUT2D eigenvalue weighted by atomic mass is 10.2. The standard InChI is InChI=1S/C9H10F3Si/c1-13(2)8-5-3-4-7(6-8)9(10,11)12/h3-6H,1-2H3. The van der Waals surface area contributed by atoms with Gasteiger partial charge in [0.2, 0.25) is 0 Å². The maximum absolute atomic E-state index is 12.2. The van der Waals surface area contributed by atoms with E-state index in [2.05, 4.69) is 0 Å². The largest absolute Gasteiger partial charge is 0.416 e. The number of alkyl halides is 3. The molecule has 4 heteroatoms. The first kappa shape index (κ1) is 10.3. The molecule has 0 aliphatic carbocycles. The Bertz CT molecular complexity index is 291. The second-order valence-corrected chi connectivity index (χ2v) is 5.66. The highest BCUT2D eigenvalue weighted by Gasteiger charge is 2.30. The van der Waals surface area contributed by atoms with Crippen molar-refractivity contribution >= 4 is 14.0 Å². The Balaban J connectivity index is 3.06. The van der Waals surface area contributed by atoms with Gasteiger partial charge in [-0.1, -0.05) is 42.5 Å². The summed E-state index contributed by atoms with van der Waals surface area (Å²) in [6.45, 7) is 3.94. The van der Waals surface area contributed by atoms with Gasteiger partial charge in [-0.25, -0.2) is 0 Å². The van der Waals surface area contributed by atoms with Crippen molar-refractivity contribution in [3.05, 3.63) is 29.8 Å². The third-order valence-electron chi connectivity index (χ3n) is 1.77. The molecule has 1 aromatic rings. The molecule has 0 saturated carbocycles. The van der Waals surface area contributed by atoms with Crippen molar-refractivity contribution in [2.45, 2.75) is 19.3 Å². The van der Waals surface area contributed by atoms with Crippen molar-refractivity contribution in [3.63, 3.8) is 0 Å². The number of rotatable bonds is 1. The molecule has 0 aliphatic heterocycles. The Labute approximate surface area is 77.0 Å². The van der Waals surface area contributed by atoms with Crippen LogP contribution in [0.5, 0.6) is 0 Å². The number of benzene rings is 1. The van der Waals surface area contributed by atoms with Crippen molar-refractivity contribution in [1.82, 2.24) is 0 Å². The predicted octanol–water partition coefficient (Wildman–Crippen LogP) is 2.67. The van der Waals surface area contributed by atoms with E-state index in [0.29, 0.717) is 0 Å². The van der Waals surface area contributed by atoms with Crippen LogP contribution < -0.4 is 5.19 Å². The Kier molecular flexibility index (Phi) is 2.80. The maximum Gasteiger partial charge on any atom is 0.416 e. The lowest BCUT2D eigenvalue weighted by molar-refractivity contribution is -0.137. The van der Waals surface area contributed by atoms with E-state index in [1.54, 1.807) is 6.07 Å². The number of halogens is 3. The first-order valence-electron chi connectivity index (χ1n) is 3.89. The minimum Gasteiger partial charge on any atom is -0.166 e. The van der Waals surface area contributed by atoms with E-state index in [0.717, 1.165) is 11.3 Å². The van der Waals surface area contributed by atoms with Gasteiger partial charge in [-0.05, 0) is 0 Å². The molecule has 0 aromatic heterocycles. The Morgan fingerprint density at radius 3 is 2.23 bits per heavy atom. The third kappa shape index (κ3) is 2.59. The van der Waals surface area contributed by atoms with E-state index in [9.17, 15) is 13.2 Å². The van der Waals surface area contributed by atoms with Crippen LogP contribution in [0.2, 0.25) is 13.1 Å². The fourth-order valence-corrected chi connectivity index (χ4v) is 1.88. The van der Waals surface area contributed by atoms with Crippen molar-refractivity contribution in [3.8, 4) is 0 Å². The average Bonchev–Trinajstić information content (AvgIpc) is 2.03. The molecule has 1 rings (SSSR count). The SMILES string of the molecule is C[Si](C)c1cccc(C(F)(F)F)c1. The molecule has 0 fully saturated rings. The summed E-state index contributed by atoms with van der Waals surface area (Å²) in [7, 11) is -0.794. The second kappa shape index (κ2) is 3.53. The highest BCUT2D eigenvalue weighted by Crippen LogP contribution is 2.28. The van der Waals surface area contributed by atoms with Crippen LogP contribution in [-0.4, -0.2) is 8.80 Å². The summed E-state index contributed by atoms with van der Waals surface area (Å²) in [6, 6.07) is 5.57. The summed E-state index contributed by atoms with van der Waals surface area (Å²) in [5, 5.41) is 0.819. The summed E-state index contributed by atoms with van der Waals surface area (Å²) in [6.07, 6.45) is -4.21. The zero-order valence-electron chi connectivity index (χ0n) is 7.44. The first-order chi connectivity index (χ1) is 5.91. The van der Waals surface area contributed by atoms with E-state index in [4.69, 9.17) is 0 Å². The highest BCUT2D eigenvalue weighted by molar-refractivity contribution is 6.70. The summed E-state index contributed by atoms with van der Waals surface area (Å²) >= 11 is 0. The molecule has 0 nitrogen and oxygen atoms in total. The molecule has 0 N–H and O–H groups in total. The molecule has 0 spiro atoms. The van der Waals surface area contributed by atoms with Crippen molar-refractivity contribution in [2.75, 3.05) is 0 Å². The average molecular weight is 203 g/mol. The smallest absolute Gasteiger partial charge is 0.166 e. The van der Waals surface area contributed by atoms with Crippen LogP contribution in [-0.2, 0) is 6.18 Å². The van der Waals surface area contributed by atoms with E-state index in [-0.39, 0.29) is 0 Å². The lowest BCUT2D eigenvalue weighted by Gasteiger charge is -2.09. The van der Waals surface area contributed by atoms with E-state index in [1.165, 1.54) is 12.1 Å². The van der Waals surface area contributed by atoms with Crippen LogP contribution in [0.3, 0.4) is 0 Å². The van der Waals surface area contributed by atoms with Gasteiger partial charge in [0.15, 0.2) is 0 Å². The Morgan fingerprint density at radius 1 is 1.15 bits per heavy atom. The minimum atomic E-state index is -4.21. The molecule has 0 unspecified atom stereocenters. The fourth-order valence-electron chi connectivity index (χ4n) is 1.01. The molecule has 1 aromatic carbocycles. The van der Waals surface area contributed by atoms with Gasteiger partial charge in [0.05, 0.1) is 14.4 Å². The van der Waals surface area contributed by atoms with Crippen molar-refractivity contribution in [1.29, 1.82) is 0 Å². The van der Waals surface area contributed by atoms with Gasteiger partial charge in [-0.15, -0.1) is 0 Å². The summed E-state index contributed by atoms with van der Waals surface area (Å²) in [4.78, 5) is 0. The molecule has 13 heavy (non-hydrogen) atoms. The van der Waals surface area contributed by atoms with Crippen LogP contribution in [0.25, 0.3) is 0 Å². The van der Waals surface area contributed by atoms with E-state index >= 15 is 0 Å². The van der Waals surface area contributed by atoms with Gasteiger partial charge in [-0.3, -0.25) is 0 Å². The topological polar surface area (TPSA) is 0 Å². The summed E-state index contributed by atoms with van der Waals surface area (Å²) < 4.78 is 36.7. The van der Waals surface area contributed by atoms with Gasteiger partial charge in [0.1, 0.15) is 0 Å². The normalized spacial score (nSPS) is 12.2. The third-order valence-corrected chi connectivity index (χ3v) is 3.23. The molecular formula is C9H10F3Si. The van der Waals surface area contributed by atoms with Gasteiger partial charge in [0, 0.05) is 0 Å². The van der Waals surface area contributed by atoms with Gasteiger partial charge in [-0.2, -0.15) is 13.2 Å². The molecule has 0 aliphatic rings. The monoisotopic (exact) mass is 203 g/mol. The van der Waals surface area contributed by atoms with Crippen LogP contribution in [0.15, 0.2) is 24.3 Å². The molecular weight excluding hydrogens is 193 g/mol. The predicted molar refractivity (Wildman–Crippen MR) is 48.6 cm³/mol. The quantitative estimate of drug-likeness (QED) is 0.615. The Hall–Kier alpha value is -0.773. The van der Waals surface area contributed by atoms with Crippen LogP contribution in [0, 0.1) is 0 Å². The van der Waals surface area contributed by atoms with E-state index < -0.39 is 20.5 Å². The molecule has 0 amide bonds. The summed E-state index contributed by atoms with van der Waals surface area (Å²) in [5.74, 6) is 0. The molecule has 71 valence electrons. The van der Waals surface area contributed by atoms with Gasteiger partial charge < -0.3 is 0 Å². The Morgan fingerprint density at radius 2 is 1.77 bits per heavy atom. The summed E-state index contributed by atoms with van der Waals surface area (Å²) in [5.41, 5.74) is -0.545. The second-order valence-electron chi connectivity index (χ2n) is 3.08. The maximum atomic E-state index is 12.2. The molecule has 0 heterocycles. The highest BCUT2D eigenvalue weighted by atomic mass is 28.3. The van der Waals surface area contributed by atoms with Gasteiger partial charge in [0.25, 0.3) is 0 Å². The van der Waals surface area contributed by atoms with E-state index in [1.807, 2.05) is 13.1 Å². The molecule has 0 atom stereocenters.